The summed E-state index contributed by atoms with van der Waals surface area (Å²) < 4.78 is 0. The lowest BCUT2D eigenvalue weighted by atomic mass is 10.1. The van der Waals surface area contributed by atoms with Crippen molar-refractivity contribution >= 4 is 40.7 Å². The quantitative estimate of drug-likeness (QED) is 0.785. The third kappa shape index (κ3) is 3.19. The van der Waals surface area contributed by atoms with Crippen molar-refractivity contribution < 1.29 is 4.79 Å². The van der Waals surface area contributed by atoms with E-state index in [0.29, 0.717) is 22.0 Å². The van der Waals surface area contributed by atoms with E-state index in [0.717, 1.165) is 11.3 Å². The normalized spacial score (nSPS) is 15.8. The Morgan fingerprint density at radius 3 is 2.25 bits per heavy atom. The summed E-state index contributed by atoms with van der Waals surface area (Å²) >= 11 is 5.90. The van der Waals surface area contributed by atoms with Crippen LogP contribution in [0.4, 0.5) is 11.4 Å². The van der Waals surface area contributed by atoms with Crippen molar-refractivity contribution in [1.29, 1.82) is 0 Å². The highest BCUT2D eigenvalue weighted by Gasteiger charge is 2.28. The van der Waals surface area contributed by atoms with Crippen LogP contribution in [0.25, 0.3) is 6.08 Å². The van der Waals surface area contributed by atoms with E-state index in [1.807, 2.05) is 56.3 Å². The molecule has 0 N–H and O–H groups in total. The second-order valence-corrected chi connectivity index (χ2v) is 6.26. The molecule has 1 aliphatic heterocycles. The molecule has 0 bridgehead atoms. The minimum Gasteiger partial charge on any atom is -0.378 e. The van der Waals surface area contributed by atoms with Crippen molar-refractivity contribution in [2.24, 2.45) is 5.10 Å². The summed E-state index contributed by atoms with van der Waals surface area (Å²) in [5, 5.41) is 6.41. The van der Waals surface area contributed by atoms with Crippen LogP contribution < -0.4 is 9.91 Å². The maximum atomic E-state index is 12.7. The topological polar surface area (TPSA) is 35.9 Å². The lowest BCUT2D eigenvalue weighted by Crippen LogP contribution is -2.21. The minimum absolute atomic E-state index is 0.133. The molecular weight excluding hydrogens is 322 g/mol. The Hall–Kier alpha value is -2.59. The largest absolute Gasteiger partial charge is 0.378 e. The third-order valence-electron chi connectivity index (χ3n) is 3.85. The molecule has 5 heteroatoms. The third-order valence-corrected chi connectivity index (χ3v) is 4.11. The SMILES string of the molecule is CC1=NN(c2ccc(Cl)cc2)C(=O)/C1=C\c1ccc(N(C)C)cc1. The van der Waals surface area contributed by atoms with Gasteiger partial charge in [0.05, 0.1) is 17.0 Å². The lowest BCUT2D eigenvalue weighted by Gasteiger charge is -2.12. The molecule has 0 saturated heterocycles. The van der Waals surface area contributed by atoms with Gasteiger partial charge >= 0.3 is 0 Å². The average Bonchev–Trinajstić information content (AvgIpc) is 2.84. The molecule has 0 aliphatic carbocycles. The van der Waals surface area contributed by atoms with Gasteiger partial charge in [-0.1, -0.05) is 23.7 Å². The molecule has 1 heterocycles. The molecule has 1 aliphatic rings. The molecule has 24 heavy (non-hydrogen) atoms. The number of nitrogens with zero attached hydrogens (tertiary/aromatic N) is 3. The first-order chi connectivity index (χ1) is 11.5. The Balaban J connectivity index is 1.88. The molecule has 0 saturated carbocycles. The summed E-state index contributed by atoms with van der Waals surface area (Å²) in [6.45, 7) is 1.84. The summed E-state index contributed by atoms with van der Waals surface area (Å²) in [5.74, 6) is -0.133. The molecule has 0 atom stereocenters. The summed E-state index contributed by atoms with van der Waals surface area (Å²) in [5.41, 5.74) is 4.09. The van der Waals surface area contributed by atoms with Crippen molar-refractivity contribution in [1.82, 2.24) is 0 Å². The van der Waals surface area contributed by atoms with Gasteiger partial charge in [0, 0.05) is 24.8 Å². The van der Waals surface area contributed by atoms with Gasteiger partial charge in [-0.05, 0) is 55.0 Å². The second kappa shape index (κ2) is 6.49. The number of hydrogen-bond acceptors (Lipinski definition) is 3. The molecule has 0 aromatic heterocycles. The van der Waals surface area contributed by atoms with Crippen LogP contribution in [0.3, 0.4) is 0 Å². The van der Waals surface area contributed by atoms with Crippen LogP contribution in [0.5, 0.6) is 0 Å². The van der Waals surface area contributed by atoms with Crippen LogP contribution in [-0.2, 0) is 4.79 Å². The fourth-order valence-electron chi connectivity index (χ4n) is 2.48. The van der Waals surface area contributed by atoms with E-state index in [9.17, 15) is 4.79 Å². The second-order valence-electron chi connectivity index (χ2n) is 5.82. The van der Waals surface area contributed by atoms with Gasteiger partial charge in [-0.15, -0.1) is 0 Å². The Bertz CT molecular complexity index is 821. The molecule has 0 unspecified atom stereocenters. The van der Waals surface area contributed by atoms with E-state index in [1.165, 1.54) is 5.01 Å². The smallest absolute Gasteiger partial charge is 0.280 e. The number of halogens is 1. The predicted molar refractivity (Wildman–Crippen MR) is 101 cm³/mol. The average molecular weight is 340 g/mol. The highest BCUT2D eigenvalue weighted by atomic mass is 35.5. The van der Waals surface area contributed by atoms with Gasteiger partial charge in [-0.25, -0.2) is 0 Å². The first kappa shape index (κ1) is 16.3. The zero-order valence-electron chi connectivity index (χ0n) is 13.8. The first-order valence-electron chi connectivity index (χ1n) is 7.60. The van der Waals surface area contributed by atoms with Gasteiger partial charge in [0.1, 0.15) is 0 Å². The summed E-state index contributed by atoms with van der Waals surface area (Å²) in [7, 11) is 3.99. The molecule has 122 valence electrons. The number of rotatable bonds is 3. The van der Waals surface area contributed by atoms with E-state index in [-0.39, 0.29) is 5.91 Å². The fraction of sp³-hybridized carbons (Fsp3) is 0.158. The van der Waals surface area contributed by atoms with Crippen molar-refractivity contribution in [3.8, 4) is 0 Å². The van der Waals surface area contributed by atoms with E-state index >= 15 is 0 Å². The maximum absolute atomic E-state index is 12.7. The molecule has 3 rings (SSSR count). The highest BCUT2D eigenvalue weighted by molar-refractivity contribution is 6.32. The number of carbonyl (C=O) groups excluding carboxylic acids is 1. The van der Waals surface area contributed by atoms with E-state index < -0.39 is 0 Å². The number of amides is 1. The van der Waals surface area contributed by atoms with Crippen LogP contribution in [0.2, 0.25) is 5.02 Å². The zero-order valence-corrected chi connectivity index (χ0v) is 14.6. The fourth-order valence-corrected chi connectivity index (χ4v) is 2.60. The number of hydrogen-bond donors (Lipinski definition) is 0. The number of anilines is 2. The Kier molecular flexibility index (Phi) is 4.40. The maximum Gasteiger partial charge on any atom is 0.280 e. The molecule has 2 aromatic carbocycles. The standard InChI is InChI=1S/C19H18ClN3O/c1-13-18(12-14-4-8-16(9-5-14)22(2)3)19(24)23(21-13)17-10-6-15(20)7-11-17/h4-12H,1-3H3/b18-12-. The van der Waals surface area contributed by atoms with Gasteiger partial charge in [0.15, 0.2) is 0 Å². The lowest BCUT2D eigenvalue weighted by molar-refractivity contribution is -0.114. The van der Waals surface area contributed by atoms with E-state index in [4.69, 9.17) is 11.6 Å². The van der Waals surface area contributed by atoms with Crippen molar-refractivity contribution in [2.75, 3.05) is 24.0 Å². The highest BCUT2D eigenvalue weighted by Crippen LogP contribution is 2.26. The van der Waals surface area contributed by atoms with Crippen molar-refractivity contribution in [3.05, 3.63) is 64.7 Å². The minimum atomic E-state index is -0.133. The van der Waals surface area contributed by atoms with Gasteiger partial charge < -0.3 is 4.90 Å². The van der Waals surface area contributed by atoms with Gasteiger partial charge in [-0.2, -0.15) is 10.1 Å². The zero-order chi connectivity index (χ0) is 17.3. The predicted octanol–water partition coefficient (Wildman–Crippen LogP) is 4.21. The molecule has 0 radical (unpaired) electrons. The molecule has 0 spiro atoms. The molecule has 2 aromatic rings. The monoisotopic (exact) mass is 339 g/mol. The molecule has 1 amide bonds. The first-order valence-corrected chi connectivity index (χ1v) is 7.98. The summed E-state index contributed by atoms with van der Waals surface area (Å²) in [6.07, 6.45) is 1.87. The Morgan fingerprint density at radius 1 is 1.04 bits per heavy atom. The van der Waals surface area contributed by atoms with Crippen molar-refractivity contribution in [3.63, 3.8) is 0 Å². The Morgan fingerprint density at radius 2 is 1.67 bits per heavy atom. The van der Waals surface area contributed by atoms with Crippen LogP contribution in [0.1, 0.15) is 12.5 Å². The summed E-state index contributed by atoms with van der Waals surface area (Å²) in [6, 6.07) is 15.1. The number of benzene rings is 2. The molecular formula is C19H18ClN3O. The van der Waals surface area contributed by atoms with Crippen LogP contribution in [-0.4, -0.2) is 25.7 Å². The van der Waals surface area contributed by atoms with Gasteiger partial charge in [-0.3, -0.25) is 4.79 Å². The van der Waals surface area contributed by atoms with Crippen molar-refractivity contribution in [2.45, 2.75) is 6.92 Å². The molecule has 4 nitrogen and oxygen atoms in total. The van der Waals surface area contributed by atoms with Crippen LogP contribution in [0.15, 0.2) is 59.2 Å². The molecule has 0 fully saturated rings. The number of hydrazone groups is 1. The van der Waals surface area contributed by atoms with Gasteiger partial charge in [0.25, 0.3) is 5.91 Å². The van der Waals surface area contributed by atoms with E-state index in [2.05, 4.69) is 5.10 Å². The van der Waals surface area contributed by atoms with Crippen LogP contribution in [0, 0.1) is 0 Å². The van der Waals surface area contributed by atoms with E-state index in [1.54, 1.807) is 24.3 Å². The number of carbonyl (C=O) groups is 1. The summed E-state index contributed by atoms with van der Waals surface area (Å²) in [4.78, 5) is 14.7. The van der Waals surface area contributed by atoms with Gasteiger partial charge in [0.2, 0.25) is 0 Å². The van der Waals surface area contributed by atoms with Crippen LogP contribution >= 0.6 is 11.6 Å². The Labute approximate surface area is 146 Å².